The smallest absolute Gasteiger partial charge is 0.152 e. The summed E-state index contributed by atoms with van der Waals surface area (Å²) in [4.78, 5) is 8.54. The van der Waals surface area contributed by atoms with Gasteiger partial charge >= 0.3 is 0 Å². The first kappa shape index (κ1) is 10.8. The maximum atomic E-state index is 5.45. The Kier molecular flexibility index (Phi) is 2.70. The van der Waals surface area contributed by atoms with Gasteiger partial charge < -0.3 is 5.73 Å². The maximum Gasteiger partial charge on any atom is 0.152 e. The zero-order chi connectivity index (χ0) is 12.4. The van der Waals surface area contributed by atoms with Gasteiger partial charge in [-0.2, -0.15) is 0 Å². The molecule has 3 aromatic rings. The van der Waals surface area contributed by atoms with Crippen LogP contribution in [0.2, 0.25) is 0 Å². The highest BCUT2D eigenvalue weighted by molar-refractivity contribution is 5.58. The van der Waals surface area contributed by atoms with Crippen molar-refractivity contribution in [3.05, 3.63) is 42.6 Å². The lowest BCUT2D eigenvalue weighted by atomic mass is 10.3. The van der Waals surface area contributed by atoms with Crippen molar-refractivity contribution in [3.63, 3.8) is 0 Å². The normalized spacial score (nSPS) is 10.9. The molecule has 0 aromatic carbocycles. The van der Waals surface area contributed by atoms with Gasteiger partial charge in [-0.1, -0.05) is 6.07 Å². The number of hydrogen-bond acceptors (Lipinski definition) is 5. The van der Waals surface area contributed by atoms with Crippen LogP contribution in [0.4, 0.5) is 0 Å². The third-order valence-corrected chi connectivity index (χ3v) is 2.66. The van der Waals surface area contributed by atoms with E-state index >= 15 is 0 Å². The molecule has 0 unspecified atom stereocenters. The lowest BCUT2D eigenvalue weighted by molar-refractivity contribution is 0.811. The molecule has 0 spiro atoms. The third kappa shape index (κ3) is 1.82. The summed E-state index contributed by atoms with van der Waals surface area (Å²) >= 11 is 0. The van der Waals surface area contributed by atoms with Crippen molar-refractivity contribution in [2.75, 3.05) is 6.54 Å². The summed E-state index contributed by atoms with van der Waals surface area (Å²) in [6, 6.07) is 5.83. The van der Waals surface area contributed by atoms with Crippen LogP contribution in [-0.2, 0) is 6.42 Å². The second-order valence-electron chi connectivity index (χ2n) is 3.87. The predicted octanol–water partition coefficient (Wildman–Crippen LogP) is 0.687. The summed E-state index contributed by atoms with van der Waals surface area (Å²) in [7, 11) is 0. The van der Waals surface area contributed by atoms with Gasteiger partial charge in [0.25, 0.3) is 0 Å². The van der Waals surface area contributed by atoms with Crippen molar-refractivity contribution in [1.82, 2.24) is 24.6 Å². The standard InChI is InChI=1S/C12H12N6/c13-5-4-11-14-7-9(16-17-11)10-8-15-12-3-1-2-6-18(10)12/h1-3,6-8H,4-5,13H2. The van der Waals surface area contributed by atoms with Crippen LogP contribution in [0.5, 0.6) is 0 Å². The van der Waals surface area contributed by atoms with Crippen LogP contribution in [0.15, 0.2) is 36.8 Å². The molecule has 6 heteroatoms. The molecule has 90 valence electrons. The topological polar surface area (TPSA) is 82.0 Å². The molecule has 0 aliphatic heterocycles. The minimum Gasteiger partial charge on any atom is -0.330 e. The zero-order valence-electron chi connectivity index (χ0n) is 9.69. The van der Waals surface area contributed by atoms with Crippen LogP contribution in [0.25, 0.3) is 17.0 Å². The molecule has 0 bridgehead atoms. The van der Waals surface area contributed by atoms with E-state index in [0.29, 0.717) is 24.5 Å². The van der Waals surface area contributed by atoms with Crippen molar-refractivity contribution < 1.29 is 0 Å². The third-order valence-electron chi connectivity index (χ3n) is 2.66. The summed E-state index contributed by atoms with van der Waals surface area (Å²) < 4.78 is 1.95. The average molecular weight is 240 g/mol. The van der Waals surface area contributed by atoms with Gasteiger partial charge in [-0.05, 0) is 18.7 Å². The molecule has 0 aliphatic carbocycles. The average Bonchev–Trinajstić information content (AvgIpc) is 2.84. The van der Waals surface area contributed by atoms with Gasteiger partial charge in [0.1, 0.15) is 11.3 Å². The van der Waals surface area contributed by atoms with E-state index in [1.54, 1.807) is 12.4 Å². The lowest BCUT2D eigenvalue weighted by Crippen LogP contribution is -2.07. The van der Waals surface area contributed by atoms with Crippen molar-refractivity contribution in [2.24, 2.45) is 5.73 Å². The Bertz CT molecular complexity index is 658. The van der Waals surface area contributed by atoms with Crippen molar-refractivity contribution in [1.29, 1.82) is 0 Å². The number of aromatic nitrogens is 5. The van der Waals surface area contributed by atoms with Gasteiger partial charge in [0.15, 0.2) is 5.82 Å². The highest BCUT2D eigenvalue weighted by Crippen LogP contribution is 2.16. The van der Waals surface area contributed by atoms with Crippen molar-refractivity contribution >= 4 is 5.65 Å². The Labute approximate surface area is 104 Å². The molecule has 0 radical (unpaired) electrons. The fourth-order valence-corrected chi connectivity index (χ4v) is 1.78. The molecule has 6 nitrogen and oxygen atoms in total. The molecule has 0 saturated carbocycles. The van der Waals surface area contributed by atoms with Crippen LogP contribution >= 0.6 is 0 Å². The number of imidazole rings is 1. The molecule has 2 N–H and O–H groups in total. The quantitative estimate of drug-likeness (QED) is 0.728. The monoisotopic (exact) mass is 240 g/mol. The first-order chi connectivity index (χ1) is 8.88. The van der Waals surface area contributed by atoms with E-state index in [-0.39, 0.29) is 0 Å². The molecule has 0 aliphatic rings. The summed E-state index contributed by atoms with van der Waals surface area (Å²) in [6.45, 7) is 0.524. The predicted molar refractivity (Wildman–Crippen MR) is 66.8 cm³/mol. The number of nitrogens with two attached hydrogens (primary N) is 1. The van der Waals surface area contributed by atoms with E-state index in [9.17, 15) is 0 Å². The van der Waals surface area contributed by atoms with Crippen LogP contribution in [0.3, 0.4) is 0 Å². The van der Waals surface area contributed by atoms with Crippen LogP contribution < -0.4 is 5.73 Å². The fraction of sp³-hybridized carbons (Fsp3) is 0.167. The van der Waals surface area contributed by atoms with Crippen LogP contribution in [-0.4, -0.2) is 31.1 Å². The Balaban J connectivity index is 2.03. The first-order valence-electron chi connectivity index (χ1n) is 5.69. The largest absolute Gasteiger partial charge is 0.330 e. The lowest BCUT2D eigenvalue weighted by Gasteiger charge is -2.00. The zero-order valence-corrected chi connectivity index (χ0v) is 9.69. The van der Waals surface area contributed by atoms with Gasteiger partial charge in [-0.25, -0.2) is 9.97 Å². The van der Waals surface area contributed by atoms with Crippen LogP contribution in [0.1, 0.15) is 5.82 Å². The maximum absolute atomic E-state index is 5.45. The van der Waals surface area contributed by atoms with E-state index in [2.05, 4.69) is 20.2 Å². The summed E-state index contributed by atoms with van der Waals surface area (Å²) in [5, 5.41) is 8.21. The molecule has 18 heavy (non-hydrogen) atoms. The number of pyridine rings is 1. The van der Waals surface area contributed by atoms with E-state index in [1.807, 2.05) is 28.8 Å². The molecular formula is C12H12N6. The Hall–Kier alpha value is -2.34. The molecule has 3 aromatic heterocycles. The summed E-state index contributed by atoms with van der Waals surface area (Å²) in [6.07, 6.45) is 6.05. The molecule has 3 heterocycles. The Morgan fingerprint density at radius 3 is 2.83 bits per heavy atom. The second-order valence-corrected chi connectivity index (χ2v) is 3.87. The Morgan fingerprint density at radius 1 is 1.11 bits per heavy atom. The number of nitrogens with zero attached hydrogens (tertiary/aromatic N) is 5. The molecular weight excluding hydrogens is 228 g/mol. The molecule has 3 rings (SSSR count). The summed E-state index contributed by atoms with van der Waals surface area (Å²) in [5.41, 5.74) is 7.90. The van der Waals surface area contributed by atoms with Gasteiger partial charge in [0.05, 0.1) is 18.1 Å². The minimum atomic E-state index is 0.524. The minimum absolute atomic E-state index is 0.524. The van der Waals surface area contributed by atoms with Gasteiger partial charge in [0.2, 0.25) is 0 Å². The first-order valence-corrected chi connectivity index (χ1v) is 5.69. The fourth-order valence-electron chi connectivity index (χ4n) is 1.78. The van der Waals surface area contributed by atoms with E-state index in [1.165, 1.54) is 0 Å². The van der Waals surface area contributed by atoms with E-state index in [4.69, 9.17) is 5.73 Å². The van der Waals surface area contributed by atoms with Gasteiger partial charge in [0, 0.05) is 12.6 Å². The van der Waals surface area contributed by atoms with Crippen LogP contribution in [0, 0.1) is 0 Å². The van der Waals surface area contributed by atoms with E-state index < -0.39 is 0 Å². The SMILES string of the molecule is NCCc1ncc(-c2cnc3ccccn23)nn1. The molecule has 0 fully saturated rings. The van der Waals surface area contributed by atoms with Crippen molar-refractivity contribution in [3.8, 4) is 11.4 Å². The molecule has 0 saturated heterocycles. The van der Waals surface area contributed by atoms with Crippen molar-refractivity contribution in [2.45, 2.75) is 6.42 Å². The highest BCUT2D eigenvalue weighted by atomic mass is 15.2. The summed E-state index contributed by atoms with van der Waals surface area (Å²) in [5.74, 6) is 0.662. The molecule has 0 atom stereocenters. The Morgan fingerprint density at radius 2 is 2.06 bits per heavy atom. The number of rotatable bonds is 3. The number of hydrogen-bond donors (Lipinski definition) is 1. The second kappa shape index (κ2) is 4.50. The number of fused-ring (bicyclic) bond motifs is 1. The highest BCUT2D eigenvalue weighted by Gasteiger charge is 2.07. The van der Waals surface area contributed by atoms with Gasteiger partial charge in [-0.3, -0.25) is 4.40 Å². The van der Waals surface area contributed by atoms with E-state index in [0.717, 1.165) is 11.3 Å². The van der Waals surface area contributed by atoms with Gasteiger partial charge in [-0.15, -0.1) is 10.2 Å². The molecule has 0 amide bonds.